The fourth-order valence-electron chi connectivity index (χ4n) is 2.15. The minimum atomic E-state index is -3.74. The molecular formula is C16H16ClN3O6S. The topological polar surface area (TPSA) is 119 Å². The highest BCUT2D eigenvalue weighted by atomic mass is 35.5. The van der Waals surface area contributed by atoms with Crippen molar-refractivity contribution in [2.24, 2.45) is 0 Å². The zero-order valence-electron chi connectivity index (χ0n) is 14.6. The smallest absolute Gasteiger partial charge is 0.270 e. The van der Waals surface area contributed by atoms with E-state index in [4.69, 9.17) is 16.3 Å². The van der Waals surface area contributed by atoms with E-state index in [1.165, 1.54) is 51.5 Å². The molecule has 0 aliphatic rings. The molecule has 0 heterocycles. The molecule has 2 rings (SSSR count). The van der Waals surface area contributed by atoms with Crippen molar-refractivity contribution in [3.63, 3.8) is 0 Å². The summed E-state index contributed by atoms with van der Waals surface area (Å²) >= 11 is 5.96. The third kappa shape index (κ3) is 4.35. The lowest BCUT2D eigenvalue weighted by Crippen LogP contribution is -2.22. The number of nitro groups is 1. The number of methoxy groups -OCH3 is 1. The van der Waals surface area contributed by atoms with E-state index < -0.39 is 20.9 Å². The van der Waals surface area contributed by atoms with E-state index in [-0.39, 0.29) is 32.6 Å². The Bertz CT molecular complexity index is 1010. The number of amides is 1. The quantitative estimate of drug-likeness (QED) is 0.574. The van der Waals surface area contributed by atoms with Crippen LogP contribution in [0.15, 0.2) is 41.3 Å². The van der Waals surface area contributed by atoms with E-state index in [0.717, 1.165) is 10.4 Å². The highest BCUT2D eigenvalue weighted by Gasteiger charge is 2.21. The Balaban J connectivity index is 2.46. The first-order valence-electron chi connectivity index (χ1n) is 7.43. The number of nitrogens with zero attached hydrogens (tertiary/aromatic N) is 2. The molecule has 11 heteroatoms. The van der Waals surface area contributed by atoms with Gasteiger partial charge in [0.1, 0.15) is 5.75 Å². The van der Waals surface area contributed by atoms with Gasteiger partial charge in [-0.1, -0.05) is 11.6 Å². The standard InChI is InChI=1S/C16H16ClN3O6S/c1-19(2)27(24,25)11-5-7-15(26-3)14(9-11)18-16(21)12-8-10(20(22)23)4-6-13(12)17/h4-9H,1-3H3,(H,18,21). The first kappa shape index (κ1) is 20.6. The lowest BCUT2D eigenvalue weighted by Gasteiger charge is -2.15. The zero-order chi connectivity index (χ0) is 20.4. The lowest BCUT2D eigenvalue weighted by atomic mass is 10.1. The number of nitro benzene ring substituents is 1. The van der Waals surface area contributed by atoms with Crippen molar-refractivity contribution in [3.05, 3.63) is 57.1 Å². The van der Waals surface area contributed by atoms with E-state index >= 15 is 0 Å². The second kappa shape index (κ2) is 7.91. The van der Waals surface area contributed by atoms with Crippen LogP contribution in [0, 0.1) is 10.1 Å². The molecule has 1 amide bonds. The van der Waals surface area contributed by atoms with Crippen molar-refractivity contribution in [2.45, 2.75) is 4.90 Å². The maximum atomic E-state index is 12.5. The molecule has 0 aliphatic heterocycles. The first-order valence-corrected chi connectivity index (χ1v) is 9.25. The lowest BCUT2D eigenvalue weighted by molar-refractivity contribution is -0.384. The van der Waals surface area contributed by atoms with Crippen LogP contribution in [-0.4, -0.2) is 44.8 Å². The van der Waals surface area contributed by atoms with Gasteiger partial charge in [-0.25, -0.2) is 12.7 Å². The number of ether oxygens (including phenoxy) is 1. The molecule has 0 bridgehead atoms. The summed E-state index contributed by atoms with van der Waals surface area (Å²) < 4.78 is 30.7. The Morgan fingerprint density at radius 2 is 1.89 bits per heavy atom. The fraction of sp³-hybridized carbons (Fsp3) is 0.188. The number of hydrogen-bond donors (Lipinski definition) is 1. The summed E-state index contributed by atoms with van der Waals surface area (Å²) in [6.45, 7) is 0. The number of rotatable bonds is 6. The summed E-state index contributed by atoms with van der Waals surface area (Å²) in [4.78, 5) is 22.7. The Kier molecular flexibility index (Phi) is 6.04. The number of anilines is 1. The average molecular weight is 414 g/mol. The Morgan fingerprint density at radius 3 is 2.44 bits per heavy atom. The van der Waals surface area contributed by atoms with Crippen LogP contribution < -0.4 is 10.1 Å². The maximum absolute atomic E-state index is 12.5. The highest BCUT2D eigenvalue weighted by Crippen LogP contribution is 2.30. The number of carbonyl (C=O) groups is 1. The van der Waals surface area contributed by atoms with Crippen LogP contribution in [0.25, 0.3) is 0 Å². The van der Waals surface area contributed by atoms with Gasteiger partial charge in [0.25, 0.3) is 11.6 Å². The molecule has 0 fully saturated rings. The number of benzene rings is 2. The molecule has 27 heavy (non-hydrogen) atoms. The molecule has 9 nitrogen and oxygen atoms in total. The zero-order valence-corrected chi connectivity index (χ0v) is 16.2. The molecule has 0 saturated carbocycles. The molecule has 0 unspecified atom stereocenters. The third-order valence-electron chi connectivity index (χ3n) is 3.60. The van der Waals surface area contributed by atoms with Gasteiger partial charge in [-0.15, -0.1) is 0 Å². The molecule has 0 atom stereocenters. The molecule has 0 aromatic heterocycles. The van der Waals surface area contributed by atoms with Gasteiger partial charge in [-0.3, -0.25) is 14.9 Å². The highest BCUT2D eigenvalue weighted by molar-refractivity contribution is 7.89. The fourth-order valence-corrected chi connectivity index (χ4v) is 3.28. The predicted octanol–water partition coefficient (Wildman–Crippen LogP) is 2.76. The average Bonchev–Trinajstić information content (AvgIpc) is 2.61. The number of sulfonamides is 1. The van der Waals surface area contributed by atoms with Gasteiger partial charge < -0.3 is 10.1 Å². The first-order chi connectivity index (χ1) is 12.6. The minimum Gasteiger partial charge on any atom is -0.495 e. The van der Waals surface area contributed by atoms with Crippen LogP contribution in [-0.2, 0) is 10.0 Å². The van der Waals surface area contributed by atoms with Crippen molar-refractivity contribution < 1.29 is 22.9 Å². The van der Waals surface area contributed by atoms with Gasteiger partial charge in [0.2, 0.25) is 10.0 Å². The van der Waals surface area contributed by atoms with Gasteiger partial charge in [-0.05, 0) is 24.3 Å². The van der Waals surface area contributed by atoms with Gasteiger partial charge >= 0.3 is 0 Å². The van der Waals surface area contributed by atoms with Crippen LogP contribution in [0.4, 0.5) is 11.4 Å². The second-order valence-electron chi connectivity index (χ2n) is 5.52. The summed E-state index contributed by atoms with van der Waals surface area (Å²) in [5, 5.41) is 13.4. The number of non-ortho nitro benzene ring substituents is 1. The third-order valence-corrected chi connectivity index (χ3v) is 5.74. The molecule has 1 N–H and O–H groups in total. The van der Waals surface area contributed by atoms with Gasteiger partial charge in [0.05, 0.1) is 33.2 Å². The molecule has 0 spiro atoms. The molecule has 2 aromatic carbocycles. The van der Waals surface area contributed by atoms with Crippen LogP contribution >= 0.6 is 11.6 Å². The number of carbonyl (C=O) groups excluding carboxylic acids is 1. The largest absolute Gasteiger partial charge is 0.495 e. The van der Waals surface area contributed by atoms with E-state index in [0.29, 0.717) is 0 Å². The van der Waals surface area contributed by atoms with E-state index in [1.807, 2.05) is 0 Å². The SMILES string of the molecule is COc1ccc(S(=O)(=O)N(C)C)cc1NC(=O)c1cc([N+](=O)[O-])ccc1Cl. The predicted molar refractivity (Wildman–Crippen MR) is 99.9 cm³/mol. The van der Waals surface area contributed by atoms with E-state index in [2.05, 4.69) is 5.32 Å². The summed E-state index contributed by atoms with van der Waals surface area (Å²) in [6, 6.07) is 7.40. The van der Waals surface area contributed by atoms with Crippen LogP contribution in [0.5, 0.6) is 5.75 Å². The van der Waals surface area contributed by atoms with E-state index in [9.17, 15) is 23.3 Å². The van der Waals surface area contributed by atoms with Crippen LogP contribution in [0.2, 0.25) is 5.02 Å². The van der Waals surface area contributed by atoms with Crippen molar-refractivity contribution in [1.29, 1.82) is 0 Å². The molecule has 2 aromatic rings. The van der Waals surface area contributed by atoms with Crippen LogP contribution in [0.1, 0.15) is 10.4 Å². The van der Waals surface area contributed by atoms with E-state index in [1.54, 1.807) is 0 Å². The molecule has 0 radical (unpaired) electrons. The molecule has 0 saturated heterocycles. The summed E-state index contributed by atoms with van der Waals surface area (Å²) in [7, 11) is 0.364. The summed E-state index contributed by atoms with van der Waals surface area (Å²) in [5.74, 6) is -0.538. The Morgan fingerprint density at radius 1 is 1.22 bits per heavy atom. The summed E-state index contributed by atoms with van der Waals surface area (Å²) in [6.07, 6.45) is 0. The maximum Gasteiger partial charge on any atom is 0.270 e. The molecule has 0 aliphatic carbocycles. The van der Waals surface area contributed by atoms with Crippen molar-refractivity contribution in [3.8, 4) is 5.75 Å². The van der Waals surface area contributed by atoms with Gasteiger partial charge in [0.15, 0.2) is 0 Å². The second-order valence-corrected chi connectivity index (χ2v) is 8.08. The monoisotopic (exact) mass is 413 g/mol. The van der Waals surface area contributed by atoms with Gasteiger partial charge in [0, 0.05) is 26.2 Å². The Hall–Kier alpha value is -2.69. The minimum absolute atomic E-state index is 0.00846. The van der Waals surface area contributed by atoms with Crippen molar-refractivity contribution in [2.75, 3.05) is 26.5 Å². The number of hydrogen-bond acceptors (Lipinski definition) is 6. The van der Waals surface area contributed by atoms with Gasteiger partial charge in [-0.2, -0.15) is 0 Å². The summed E-state index contributed by atoms with van der Waals surface area (Å²) in [5.41, 5.74) is -0.359. The number of halogens is 1. The van der Waals surface area contributed by atoms with Crippen molar-refractivity contribution in [1.82, 2.24) is 4.31 Å². The van der Waals surface area contributed by atoms with Crippen molar-refractivity contribution >= 4 is 38.9 Å². The Labute approximate surface area is 160 Å². The normalized spacial score (nSPS) is 11.3. The number of nitrogens with one attached hydrogen (secondary N) is 1. The molecular weight excluding hydrogens is 398 g/mol. The van der Waals surface area contributed by atoms with Crippen LogP contribution in [0.3, 0.4) is 0 Å². The molecule has 144 valence electrons.